The van der Waals surface area contributed by atoms with Gasteiger partial charge in [0, 0.05) is 0 Å². The number of hydrogen-bond donors (Lipinski definition) is 2. The standard InChI is InChI=1S/C14H14O10/c1-21-14(20)12(13(18)19)24-9-4-2-8(3-5-9)22-7-11(17)23-6-10(15)16/h2-5,12H,6-7H2,1H3,(H,15,16)(H,18,19). The summed E-state index contributed by atoms with van der Waals surface area (Å²) in [5, 5.41) is 17.2. The first-order chi connectivity index (χ1) is 11.3. The van der Waals surface area contributed by atoms with Crippen LogP contribution in [-0.2, 0) is 28.7 Å². The Labute approximate surface area is 135 Å². The van der Waals surface area contributed by atoms with E-state index in [4.69, 9.17) is 19.7 Å². The van der Waals surface area contributed by atoms with Gasteiger partial charge in [0.05, 0.1) is 7.11 Å². The van der Waals surface area contributed by atoms with Crippen molar-refractivity contribution in [3.05, 3.63) is 24.3 Å². The monoisotopic (exact) mass is 342 g/mol. The molecule has 1 unspecified atom stereocenters. The fraction of sp³-hybridized carbons (Fsp3) is 0.286. The van der Waals surface area contributed by atoms with E-state index in [1.165, 1.54) is 24.3 Å². The topological polar surface area (TPSA) is 146 Å². The molecule has 0 aliphatic rings. The lowest BCUT2D eigenvalue weighted by Crippen LogP contribution is -2.36. The Balaban J connectivity index is 2.56. The number of methoxy groups -OCH3 is 1. The molecule has 0 saturated carbocycles. The molecule has 0 aliphatic heterocycles. The summed E-state index contributed by atoms with van der Waals surface area (Å²) < 4.78 is 18.7. The van der Waals surface area contributed by atoms with Crippen molar-refractivity contribution in [3.63, 3.8) is 0 Å². The predicted octanol–water partition coefficient (Wildman–Crippen LogP) is -0.302. The first-order valence-electron chi connectivity index (χ1n) is 6.41. The van der Waals surface area contributed by atoms with Gasteiger partial charge in [-0.05, 0) is 24.3 Å². The first kappa shape index (κ1) is 18.7. The van der Waals surface area contributed by atoms with E-state index in [2.05, 4.69) is 9.47 Å². The number of hydrogen-bond acceptors (Lipinski definition) is 8. The molecule has 1 aromatic carbocycles. The van der Waals surface area contributed by atoms with Crippen LogP contribution in [0.5, 0.6) is 11.5 Å². The highest BCUT2D eigenvalue weighted by Gasteiger charge is 2.29. The summed E-state index contributed by atoms with van der Waals surface area (Å²) in [7, 11) is 1.03. The Morgan fingerprint density at radius 3 is 2.08 bits per heavy atom. The first-order valence-corrected chi connectivity index (χ1v) is 6.41. The van der Waals surface area contributed by atoms with Crippen LogP contribution in [0, 0.1) is 0 Å². The van der Waals surface area contributed by atoms with E-state index >= 15 is 0 Å². The van der Waals surface area contributed by atoms with Gasteiger partial charge in [-0.15, -0.1) is 0 Å². The van der Waals surface area contributed by atoms with Gasteiger partial charge in [-0.1, -0.05) is 0 Å². The summed E-state index contributed by atoms with van der Waals surface area (Å²) in [6, 6.07) is 5.35. The third-order valence-electron chi connectivity index (χ3n) is 2.43. The highest BCUT2D eigenvalue weighted by Crippen LogP contribution is 2.19. The van der Waals surface area contributed by atoms with E-state index in [-0.39, 0.29) is 11.5 Å². The average molecular weight is 342 g/mol. The molecule has 0 spiro atoms. The lowest BCUT2D eigenvalue weighted by Gasteiger charge is -2.13. The number of ether oxygens (including phenoxy) is 4. The van der Waals surface area contributed by atoms with Crippen LogP contribution in [0.25, 0.3) is 0 Å². The van der Waals surface area contributed by atoms with E-state index in [1.54, 1.807) is 0 Å². The van der Waals surface area contributed by atoms with E-state index < -0.39 is 43.2 Å². The molecule has 10 nitrogen and oxygen atoms in total. The minimum absolute atomic E-state index is 0.0635. The molecule has 0 radical (unpaired) electrons. The van der Waals surface area contributed by atoms with Crippen molar-refractivity contribution in [2.75, 3.05) is 20.3 Å². The van der Waals surface area contributed by atoms with Gasteiger partial charge < -0.3 is 29.2 Å². The Kier molecular flexibility index (Phi) is 7.01. The largest absolute Gasteiger partial charge is 0.482 e. The van der Waals surface area contributed by atoms with Crippen molar-refractivity contribution in [2.24, 2.45) is 0 Å². The molecule has 0 bridgehead atoms. The molecule has 0 saturated heterocycles. The van der Waals surface area contributed by atoms with Crippen LogP contribution in [0.15, 0.2) is 24.3 Å². The predicted molar refractivity (Wildman–Crippen MR) is 74.6 cm³/mol. The SMILES string of the molecule is COC(=O)C(Oc1ccc(OCC(=O)OCC(=O)O)cc1)C(=O)O. The molecule has 0 aromatic heterocycles. The molecular formula is C14H14O10. The number of carbonyl (C=O) groups is 4. The maximum absolute atomic E-state index is 11.3. The zero-order chi connectivity index (χ0) is 18.1. The molecule has 1 atom stereocenters. The van der Waals surface area contributed by atoms with E-state index in [1.807, 2.05) is 0 Å². The molecule has 2 N–H and O–H groups in total. The summed E-state index contributed by atoms with van der Waals surface area (Å²) in [5.41, 5.74) is 0. The summed E-state index contributed by atoms with van der Waals surface area (Å²) in [5.74, 6) is -4.45. The molecule has 0 fully saturated rings. The molecule has 0 heterocycles. The lowest BCUT2D eigenvalue weighted by molar-refractivity contribution is -0.161. The lowest BCUT2D eigenvalue weighted by atomic mass is 10.3. The number of benzene rings is 1. The van der Waals surface area contributed by atoms with Crippen LogP contribution in [0.4, 0.5) is 0 Å². The minimum Gasteiger partial charge on any atom is -0.482 e. The van der Waals surface area contributed by atoms with Crippen molar-refractivity contribution in [3.8, 4) is 11.5 Å². The van der Waals surface area contributed by atoms with Crippen LogP contribution < -0.4 is 9.47 Å². The third-order valence-corrected chi connectivity index (χ3v) is 2.43. The Bertz CT molecular complexity index is 606. The highest BCUT2D eigenvalue weighted by molar-refractivity contribution is 5.97. The van der Waals surface area contributed by atoms with Gasteiger partial charge in [0.15, 0.2) is 13.2 Å². The Morgan fingerprint density at radius 1 is 1.00 bits per heavy atom. The number of carbonyl (C=O) groups excluding carboxylic acids is 2. The van der Waals surface area contributed by atoms with Gasteiger partial charge in [-0.25, -0.2) is 19.2 Å². The second-order valence-corrected chi connectivity index (χ2v) is 4.17. The molecule has 130 valence electrons. The van der Waals surface area contributed by atoms with Crippen LogP contribution in [0.2, 0.25) is 0 Å². The number of rotatable bonds is 9. The molecule has 10 heteroatoms. The van der Waals surface area contributed by atoms with Gasteiger partial charge in [-0.2, -0.15) is 0 Å². The maximum Gasteiger partial charge on any atom is 0.359 e. The summed E-state index contributed by atoms with van der Waals surface area (Å²) in [4.78, 5) is 43.6. The molecular weight excluding hydrogens is 328 g/mol. The molecule has 24 heavy (non-hydrogen) atoms. The zero-order valence-corrected chi connectivity index (χ0v) is 12.5. The molecule has 1 rings (SSSR count). The van der Waals surface area contributed by atoms with E-state index in [9.17, 15) is 19.2 Å². The van der Waals surface area contributed by atoms with Gasteiger partial charge in [0.2, 0.25) is 0 Å². The van der Waals surface area contributed by atoms with Crippen molar-refractivity contribution in [1.82, 2.24) is 0 Å². The van der Waals surface area contributed by atoms with Crippen molar-refractivity contribution < 1.29 is 48.3 Å². The second-order valence-electron chi connectivity index (χ2n) is 4.17. The maximum atomic E-state index is 11.3. The Hall–Kier alpha value is -3.30. The van der Waals surface area contributed by atoms with Crippen LogP contribution >= 0.6 is 0 Å². The van der Waals surface area contributed by atoms with Crippen LogP contribution in [0.1, 0.15) is 0 Å². The van der Waals surface area contributed by atoms with Crippen molar-refractivity contribution >= 4 is 23.9 Å². The zero-order valence-electron chi connectivity index (χ0n) is 12.5. The number of carboxylic acid groups (broad SMARTS) is 2. The van der Waals surface area contributed by atoms with Crippen molar-refractivity contribution in [1.29, 1.82) is 0 Å². The van der Waals surface area contributed by atoms with Gasteiger partial charge >= 0.3 is 23.9 Å². The van der Waals surface area contributed by atoms with Gasteiger partial charge in [-0.3, -0.25) is 0 Å². The Morgan fingerprint density at radius 2 is 1.58 bits per heavy atom. The highest BCUT2D eigenvalue weighted by atomic mass is 16.6. The van der Waals surface area contributed by atoms with E-state index in [0.717, 1.165) is 7.11 Å². The number of carboxylic acids is 2. The number of aliphatic carboxylic acids is 2. The average Bonchev–Trinajstić information content (AvgIpc) is 2.56. The summed E-state index contributed by atoms with van der Waals surface area (Å²) in [6.45, 7) is -1.27. The van der Waals surface area contributed by atoms with E-state index in [0.29, 0.717) is 0 Å². The van der Waals surface area contributed by atoms with Gasteiger partial charge in [0.1, 0.15) is 11.5 Å². The minimum atomic E-state index is -1.81. The molecule has 0 aliphatic carbocycles. The van der Waals surface area contributed by atoms with Crippen LogP contribution in [-0.4, -0.2) is 60.5 Å². The second kappa shape index (κ2) is 8.98. The van der Waals surface area contributed by atoms with Crippen LogP contribution in [0.3, 0.4) is 0 Å². The third kappa shape index (κ3) is 6.22. The quantitative estimate of drug-likeness (QED) is 0.453. The molecule has 0 amide bonds. The molecule has 1 aromatic rings. The normalized spacial score (nSPS) is 11.0. The number of esters is 2. The van der Waals surface area contributed by atoms with Gasteiger partial charge in [0.25, 0.3) is 6.10 Å². The fourth-order valence-corrected chi connectivity index (χ4v) is 1.38. The smallest absolute Gasteiger partial charge is 0.359 e. The summed E-state index contributed by atoms with van der Waals surface area (Å²) in [6.07, 6.45) is -1.81. The fourth-order valence-electron chi connectivity index (χ4n) is 1.38. The van der Waals surface area contributed by atoms with Crippen molar-refractivity contribution in [2.45, 2.75) is 6.10 Å². The summed E-state index contributed by atoms with van der Waals surface area (Å²) >= 11 is 0.